The van der Waals surface area contributed by atoms with Gasteiger partial charge in [-0.05, 0) is 50.6 Å². The molecule has 0 amide bonds. The third-order valence-electron chi connectivity index (χ3n) is 3.96. The summed E-state index contributed by atoms with van der Waals surface area (Å²) in [6.45, 7) is 4.90. The predicted molar refractivity (Wildman–Crippen MR) is 107 cm³/mol. The molecule has 0 atom stereocenters. The van der Waals surface area contributed by atoms with E-state index in [9.17, 15) is 23.3 Å². The lowest BCUT2D eigenvalue weighted by molar-refractivity contribution is -0.385. The van der Waals surface area contributed by atoms with E-state index in [-0.39, 0.29) is 22.9 Å². The van der Waals surface area contributed by atoms with Gasteiger partial charge in [0.25, 0.3) is 15.7 Å². The second kappa shape index (κ2) is 9.37. The first-order valence-electron chi connectivity index (χ1n) is 8.87. The van der Waals surface area contributed by atoms with Gasteiger partial charge in [0.2, 0.25) is 0 Å². The van der Waals surface area contributed by atoms with Crippen molar-refractivity contribution in [1.82, 2.24) is 0 Å². The van der Waals surface area contributed by atoms with Gasteiger partial charge in [0.1, 0.15) is 12.3 Å². The fourth-order valence-corrected chi connectivity index (χ4v) is 4.27. The summed E-state index contributed by atoms with van der Waals surface area (Å²) < 4.78 is 37.8. The van der Waals surface area contributed by atoms with Crippen molar-refractivity contribution in [3.8, 4) is 5.75 Å². The van der Waals surface area contributed by atoms with Crippen LogP contribution in [0.25, 0.3) is 0 Å². The molecule has 0 aliphatic rings. The van der Waals surface area contributed by atoms with E-state index in [1.165, 1.54) is 31.2 Å². The summed E-state index contributed by atoms with van der Waals surface area (Å²) >= 11 is 0. The Kier molecular flexibility index (Phi) is 7.16. The zero-order valence-electron chi connectivity index (χ0n) is 16.3. The minimum atomic E-state index is -4.29. The Hall–Kier alpha value is -3.14. The number of esters is 1. The summed E-state index contributed by atoms with van der Waals surface area (Å²) in [5.74, 6) is -0.204. The van der Waals surface area contributed by atoms with Gasteiger partial charge in [-0.15, -0.1) is 0 Å². The molecule has 0 aliphatic carbocycles. The molecule has 0 heterocycles. The molecule has 0 unspecified atom stereocenters. The number of nitro groups is 1. The molecule has 0 N–H and O–H groups in total. The monoisotopic (exact) mass is 422 g/mol. The topological polar surface area (TPSA) is 116 Å². The SMILES string of the molecule is CCOC(=O)CN(c1ccc(OCC)cc1)S(=O)(=O)c1cc([N+](=O)[O-])ccc1C. The third kappa shape index (κ3) is 5.23. The van der Waals surface area contributed by atoms with Gasteiger partial charge in [-0.2, -0.15) is 0 Å². The van der Waals surface area contributed by atoms with Crippen LogP contribution in [-0.2, 0) is 19.6 Å². The van der Waals surface area contributed by atoms with Gasteiger partial charge in [0.15, 0.2) is 0 Å². The van der Waals surface area contributed by atoms with Crippen molar-refractivity contribution in [3.63, 3.8) is 0 Å². The van der Waals surface area contributed by atoms with Crippen molar-refractivity contribution in [2.24, 2.45) is 0 Å². The number of nitro benzene ring substituents is 1. The molecule has 0 spiro atoms. The van der Waals surface area contributed by atoms with E-state index >= 15 is 0 Å². The van der Waals surface area contributed by atoms with E-state index in [1.54, 1.807) is 19.1 Å². The molecule has 0 aliphatic heterocycles. The number of carbonyl (C=O) groups is 1. The van der Waals surface area contributed by atoms with Crippen molar-refractivity contribution in [3.05, 3.63) is 58.1 Å². The Labute approximate surface area is 169 Å². The third-order valence-corrected chi connectivity index (χ3v) is 5.88. The number of non-ortho nitro benzene ring substituents is 1. The largest absolute Gasteiger partial charge is 0.494 e. The maximum atomic E-state index is 13.3. The van der Waals surface area contributed by atoms with Crippen LogP contribution in [0.1, 0.15) is 19.4 Å². The average Bonchev–Trinajstić information content (AvgIpc) is 2.67. The van der Waals surface area contributed by atoms with E-state index in [1.807, 2.05) is 6.92 Å². The first-order valence-corrected chi connectivity index (χ1v) is 10.3. The number of hydrogen-bond donors (Lipinski definition) is 0. The maximum absolute atomic E-state index is 13.3. The van der Waals surface area contributed by atoms with Crippen LogP contribution in [0, 0.1) is 17.0 Å². The van der Waals surface area contributed by atoms with E-state index in [2.05, 4.69) is 0 Å². The number of rotatable bonds is 9. The molecular formula is C19H22N2O7S. The van der Waals surface area contributed by atoms with Crippen LogP contribution >= 0.6 is 0 Å². The van der Waals surface area contributed by atoms with Crippen molar-refractivity contribution >= 4 is 27.4 Å². The highest BCUT2D eigenvalue weighted by molar-refractivity contribution is 7.93. The first kappa shape index (κ1) is 22.2. The zero-order valence-corrected chi connectivity index (χ0v) is 17.1. The first-order chi connectivity index (χ1) is 13.7. The molecule has 29 heavy (non-hydrogen) atoms. The number of hydrogen-bond acceptors (Lipinski definition) is 7. The van der Waals surface area contributed by atoms with Gasteiger partial charge < -0.3 is 9.47 Å². The lowest BCUT2D eigenvalue weighted by atomic mass is 10.2. The number of nitrogens with zero attached hydrogens (tertiary/aromatic N) is 2. The standard InChI is InChI=1S/C19H22N2O7S/c1-4-27-17-10-8-15(9-11-17)20(13-19(22)28-5-2)29(25,26)18-12-16(21(23)24)7-6-14(18)3/h6-12H,4-5,13H2,1-3H3. The lowest BCUT2D eigenvalue weighted by Gasteiger charge is -2.24. The summed E-state index contributed by atoms with van der Waals surface area (Å²) in [5.41, 5.74) is 0.153. The van der Waals surface area contributed by atoms with E-state index in [0.717, 1.165) is 10.4 Å². The molecule has 10 heteroatoms. The molecule has 0 fully saturated rings. The molecule has 2 aromatic rings. The Morgan fingerprint density at radius 3 is 2.31 bits per heavy atom. The number of sulfonamides is 1. The minimum Gasteiger partial charge on any atom is -0.494 e. The Bertz CT molecular complexity index is 988. The van der Waals surface area contributed by atoms with Crippen molar-refractivity contribution in [1.29, 1.82) is 0 Å². The second-order valence-electron chi connectivity index (χ2n) is 5.95. The van der Waals surface area contributed by atoms with Crippen LogP contribution in [0.3, 0.4) is 0 Å². The van der Waals surface area contributed by atoms with Gasteiger partial charge in [0, 0.05) is 12.1 Å². The number of ether oxygens (including phenoxy) is 2. The second-order valence-corrected chi connectivity index (χ2v) is 7.78. The number of carbonyl (C=O) groups excluding carboxylic acids is 1. The van der Waals surface area contributed by atoms with Gasteiger partial charge in [-0.1, -0.05) is 6.07 Å². The van der Waals surface area contributed by atoms with Gasteiger partial charge in [-0.3, -0.25) is 19.2 Å². The van der Waals surface area contributed by atoms with Crippen molar-refractivity contribution in [2.45, 2.75) is 25.7 Å². The molecule has 2 rings (SSSR count). The van der Waals surface area contributed by atoms with E-state index in [4.69, 9.17) is 9.47 Å². The predicted octanol–water partition coefficient (Wildman–Crippen LogP) is 3.06. The van der Waals surface area contributed by atoms with Gasteiger partial charge in [0.05, 0.1) is 28.7 Å². The normalized spacial score (nSPS) is 11.0. The Morgan fingerprint density at radius 1 is 1.10 bits per heavy atom. The number of aryl methyl sites for hydroxylation is 1. The Balaban J connectivity index is 2.56. The Morgan fingerprint density at radius 2 is 1.76 bits per heavy atom. The summed E-state index contributed by atoms with van der Waals surface area (Å²) in [6, 6.07) is 9.70. The highest BCUT2D eigenvalue weighted by Gasteiger charge is 2.30. The van der Waals surface area contributed by atoms with Crippen LogP contribution in [0.5, 0.6) is 5.75 Å². The fourth-order valence-electron chi connectivity index (χ4n) is 2.61. The molecule has 0 radical (unpaired) electrons. The maximum Gasteiger partial charge on any atom is 0.326 e. The summed E-state index contributed by atoms with van der Waals surface area (Å²) in [6.07, 6.45) is 0. The molecule has 156 valence electrons. The number of anilines is 1. The molecule has 0 bridgehead atoms. The van der Waals surface area contributed by atoms with Crippen molar-refractivity contribution < 1.29 is 27.6 Å². The molecule has 0 saturated heterocycles. The molecular weight excluding hydrogens is 400 g/mol. The minimum absolute atomic E-state index is 0.0891. The van der Waals surface area contributed by atoms with Gasteiger partial charge in [-0.25, -0.2) is 8.42 Å². The van der Waals surface area contributed by atoms with Crippen molar-refractivity contribution in [2.75, 3.05) is 24.1 Å². The molecule has 0 saturated carbocycles. The van der Waals surface area contributed by atoms with Crippen LogP contribution in [0.4, 0.5) is 11.4 Å². The zero-order chi connectivity index (χ0) is 21.6. The van der Waals surface area contributed by atoms with Crippen LogP contribution in [0.15, 0.2) is 47.4 Å². The van der Waals surface area contributed by atoms with E-state index < -0.39 is 27.5 Å². The molecule has 2 aromatic carbocycles. The van der Waals surface area contributed by atoms with Gasteiger partial charge >= 0.3 is 5.97 Å². The highest BCUT2D eigenvalue weighted by Crippen LogP contribution is 2.29. The van der Waals surface area contributed by atoms with E-state index in [0.29, 0.717) is 17.9 Å². The lowest BCUT2D eigenvalue weighted by Crippen LogP contribution is -2.37. The quantitative estimate of drug-likeness (QED) is 0.346. The smallest absolute Gasteiger partial charge is 0.326 e. The summed E-state index contributed by atoms with van der Waals surface area (Å²) in [7, 11) is -4.29. The van der Waals surface area contributed by atoms with Crippen LogP contribution < -0.4 is 9.04 Å². The molecule has 9 nitrogen and oxygen atoms in total. The van der Waals surface area contributed by atoms with Crippen LogP contribution in [0.2, 0.25) is 0 Å². The van der Waals surface area contributed by atoms with Crippen LogP contribution in [-0.4, -0.2) is 39.1 Å². The molecule has 0 aromatic heterocycles. The summed E-state index contributed by atoms with van der Waals surface area (Å²) in [5, 5.41) is 11.1. The fraction of sp³-hybridized carbons (Fsp3) is 0.316. The highest BCUT2D eigenvalue weighted by atomic mass is 32.2. The summed E-state index contributed by atoms with van der Waals surface area (Å²) in [4.78, 5) is 22.2. The average molecular weight is 422 g/mol. The number of benzene rings is 2.